The van der Waals surface area contributed by atoms with Gasteiger partial charge >= 0.3 is 6.09 Å². The van der Waals surface area contributed by atoms with Crippen LogP contribution in [0.15, 0.2) is 18.2 Å². The van der Waals surface area contributed by atoms with Crippen LogP contribution >= 0.6 is 0 Å². The van der Waals surface area contributed by atoms with Crippen molar-refractivity contribution in [2.75, 3.05) is 32.1 Å². The van der Waals surface area contributed by atoms with Crippen LogP contribution in [0.5, 0.6) is 5.88 Å². The Morgan fingerprint density at radius 1 is 1.39 bits per heavy atom. The highest BCUT2D eigenvalue weighted by molar-refractivity contribution is 5.68. The van der Waals surface area contributed by atoms with E-state index in [1.165, 1.54) is 0 Å². The Bertz CT molecular complexity index is 542. The van der Waals surface area contributed by atoms with Crippen LogP contribution < -0.4 is 9.64 Å². The minimum atomic E-state index is -0.478. The molecule has 1 saturated heterocycles. The van der Waals surface area contributed by atoms with Crippen molar-refractivity contribution in [3.63, 3.8) is 0 Å². The van der Waals surface area contributed by atoms with Crippen molar-refractivity contribution >= 4 is 11.9 Å². The second-order valence-electron chi connectivity index (χ2n) is 6.87. The third kappa shape index (κ3) is 4.74. The molecule has 0 N–H and O–H groups in total. The Hall–Kier alpha value is -1.98. The molecular formula is C17H27N3O3. The number of carbonyl (C=O) groups excluding carboxylic acids is 1. The first-order chi connectivity index (χ1) is 10.8. The van der Waals surface area contributed by atoms with Gasteiger partial charge in [0.15, 0.2) is 0 Å². The summed E-state index contributed by atoms with van der Waals surface area (Å²) >= 11 is 0. The van der Waals surface area contributed by atoms with Crippen molar-refractivity contribution in [3.8, 4) is 5.88 Å². The molecule has 1 aromatic heterocycles. The maximum absolute atomic E-state index is 12.3. The molecule has 0 aromatic carbocycles. The highest BCUT2D eigenvalue weighted by atomic mass is 16.6. The summed E-state index contributed by atoms with van der Waals surface area (Å²) in [6.45, 7) is 7.32. The predicted molar refractivity (Wildman–Crippen MR) is 90.0 cm³/mol. The summed E-state index contributed by atoms with van der Waals surface area (Å²) < 4.78 is 10.7. The molecule has 0 aliphatic carbocycles. The number of aromatic nitrogens is 1. The molecule has 1 amide bonds. The maximum Gasteiger partial charge on any atom is 0.410 e. The van der Waals surface area contributed by atoms with Crippen molar-refractivity contribution in [2.24, 2.45) is 0 Å². The van der Waals surface area contributed by atoms with Gasteiger partial charge in [-0.15, -0.1) is 0 Å². The molecule has 1 aromatic rings. The predicted octanol–water partition coefficient (Wildman–Crippen LogP) is 2.93. The monoisotopic (exact) mass is 321 g/mol. The van der Waals surface area contributed by atoms with E-state index in [0.717, 1.165) is 31.7 Å². The summed E-state index contributed by atoms with van der Waals surface area (Å²) in [6, 6.07) is 5.85. The zero-order chi connectivity index (χ0) is 17.0. The van der Waals surface area contributed by atoms with E-state index in [9.17, 15) is 4.79 Å². The van der Waals surface area contributed by atoms with E-state index in [1.54, 1.807) is 19.1 Å². The third-order valence-electron chi connectivity index (χ3n) is 3.87. The molecule has 1 fully saturated rings. The Morgan fingerprint density at radius 2 is 2.13 bits per heavy atom. The minimum Gasteiger partial charge on any atom is -0.481 e. The SMILES string of the molecule is COc1cccc(N2CCC[C@@H](N(C)C(=O)OC(C)(C)C)C2)n1. The lowest BCUT2D eigenvalue weighted by molar-refractivity contribution is 0.0209. The lowest BCUT2D eigenvalue weighted by Gasteiger charge is -2.38. The fraction of sp³-hybridized carbons (Fsp3) is 0.647. The summed E-state index contributed by atoms with van der Waals surface area (Å²) in [5.74, 6) is 1.48. The Labute approximate surface area is 138 Å². The van der Waals surface area contributed by atoms with Crippen LogP contribution in [0.4, 0.5) is 10.6 Å². The van der Waals surface area contributed by atoms with Gasteiger partial charge in [-0.05, 0) is 39.7 Å². The first-order valence-corrected chi connectivity index (χ1v) is 8.02. The Kier molecular flexibility index (Phi) is 5.34. The number of amides is 1. The van der Waals surface area contributed by atoms with Crippen molar-refractivity contribution in [1.82, 2.24) is 9.88 Å². The van der Waals surface area contributed by atoms with Gasteiger partial charge in [0.05, 0.1) is 13.2 Å². The number of methoxy groups -OCH3 is 1. The molecule has 1 atom stereocenters. The fourth-order valence-electron chi connectivity index (χ4n) is 2.66. The van der Waals surface area contributed by atoms with Gasteiger partial charge in [-0.3, -0.25) is 0 Å². The zero-order valence-electron chi connectivity index (χ0n) is 14.7. The van der Waals surface area contributed by atoms with Crippen LogP contribution in [0.1, 0.15) is 33.6 Å². The molecule has 6 nitrogen and oxygen atoms in total. The molecule has 0 bridgehead atoms. The van der Waals surface area contributed by atoms with Crippen LogP contribution in [0.25, 0.3) is 0 Å². The van der Waals surface area contributed by atoms with E-state index < -0.39 is 5.60 Å². The number of rotatable bonds is 3. The Balaban J connectivity index is 2.03. The zero-order valence-corrected chi connectivity index (χ0v) is 14.7. The molecule has 2 heterocycles. The van der Waals surface area contributed by atoms with Gasteiger partial charge < -0.3 is 19.3 Å². The molecular weight excluding hydrogens is 294 g/mol. The normalized spacial score (nSPS) is 18.5. The maximum atomic E-state index is 12.3. The van der Waals surface area contributed by atoms with Crippen LogP contribution in [-0.4, -0.2) is 54.9 Å². The van der Waals surface area contributed by atoms with Crippen molar-refractivity contribution in [2.45, 2.75) is 45.3 Å². The molecule has 1 aliphatic heterocycles. The number of hydrogen-bond acceptors (Lipinski definition) is 5. The molecule has 2 rings (SSSR count). The largest absolute Gasteiger partial charge is 0.481 e. The number of ether oxygens (including phenoxy) is 2. The molecule has 0 radical (unpaired) electrons. The highest BCUT2D eigenvalue weighted by Gasteiger charge is 2.29. The first-order valence-electron chi connectivity index (χ1n) is 8.02. The van der Waals surface area contributed by atoms with Gasteiger partial charge in [-0.2, -0.15) is 4.98 Å². The van der Waals surface area contributed by atoms with Gasteiger partial charge in [0.1, 0.15) is 11.4 Å². The lowest BCUT2D eigenvalue weighted by atomic mass is 10.0. The van der Waals surface area contributed by atoms with Crippen molar-refractivity contribution < 1.29 is 14.3 Å². The van der Waals surface area contributed by atoms with E-state index in [-0.39, 0.29) is 12.1 Å². The summed E-state index contributed by atoms with van der Waals surface area (Å²) in [7, 11) is 3.42. The number of carbonyl (C=O) groups is 1. The van der Waals surface area contributed by atoms with Gasteiger partial charge in [-0.25, -0.2) is 4.79 Å². The highest BCUT2D eigenvalue weighted by Crippen LogP contribution is 2.23. The average Bonchev–Trinajstić information content (AvgIpc) is 2.52. The van der Waals surface area contributed by atoms with Crippen LogP contribution in [0.3, 0.4) is 0 Å². The van der Waals surface area contributed by atoms with Crippen LogP contribution in [0.2, 0.25) is 0 Å². The number of nitrogens with zero attached hydrogens (tertiary/aromatic N) is 3. The summed E-state index contributed by atoms with van der Waals surface area (Å²) in [5.41, 5.74) is -0.478. The second-order valence-corrected chi connectivity index (χ2v) is 6.87. The summed E-state index contributed by atoms with van der Waals surface area (Å²) in [5, 5.41) is 0. The van der Waals surface area contributed by atoms with E-state index in [1.807, 2.05) is 39.0 Å². The smallest absolute Gasteiger partial charge is 0.410 e. The first kappa shape index (κ1) is 17.4. The molecule has 0 spiro atoms. The van der Waals surface area contributed by atoms with Gasteiger partial charge in [-0.1, -0.05) is 6.07 Å². The van der Waals surface area contributed by atoms with E-state index in [0.29, 0.717) is 5.88 Å². The molecule has 6 heteroatoms. The van der Waals surface area contributed by atoms with Crippen molar-refractivity contribution in [1.29, 1.82) is 0 Å². The van der Waals surface area contributed by atoms with Crippen LogP contribution in [0, 0.1) is 0 Å². The van der Waals surface area contributed by atoms with E-state index in [4.69, 9.17) is 9.47 Å². The minimum absolute atomic E-state index is 0.117. The fourth-order valence-corrected chi connectivity index (χ4v) is 2.66. The van der Waals surface area contributed by atoms with E-state index in [2.05, 4.69) is 9.88 Å². The number of anilines is 1. The third-order valence-corrected chi connectivity index (χ3v) is 3.87. The number of pyridine rings is 1. The molecule has 23 heavy (non-hydrogen) atoms. The van der Waals surface area contributed by atoms with Gasteiger partial charge in [0, 0.05) is 26.2 Å². The molecule has 128 valence electrons. The number of hydrogen-bond donors (Lipinski definition) is 0. The second kappa shape index (κ2) is 7.06. The average molecular weight is 321 g/mol. The lowest BCUT2D eigenvalue weighted by Crippen LogP contribution is -2.50. The molecule has 1 aliphatic rings. The topological polar surface area (TPSA) is 54.9 Å². The molecule has 0 unspecified atom stereocenters. The molecule has 0 saturated carbocycles. The van der Waals surface area contributed by atoms with E-state index >= 15 is 0 Å². The summed E-state index contributed by atoms with van der Waals surface area (Å²) in [6.07, 6.45) is 1.70. The quantitative estimate of drug-likeness (QED) is 0.857. The standard InChI is InChI=1S/C17H27N3O3/c1-17(2,3)23-16(21)19(4)13-8-7-11-20(12-13)14-9-6-10-15(18-14)22-5/h6,9-10,13H,7-8,11-12H2,1-5H3/t13-/m1/s1. The summed E-state index contributed by atoms with van der Waals surface area (Å²) in [4.78, 5) is 20.6. The van der Waals surface area contributed by atoms with Crippen molar-refractivity contribution in [3.05, 3.63) is 18.2 Å². The van der Waals surface area contributed by atoms with Crippen LogP contribution in [-0.2, 0) is 4.74 Å². The Morgan fingerprint density at radius 3 is 2.78 bits per heavy atom. The van der Waals surface area contributed by atoms with Gasteiger partial charge in [0.2, 0.25) is 5.88 Å². The number of likely N-dealkylation sites (N-methyl/N-ethyl adjacent to an activating group) is 1. The number of piperidine rings is 1. The van der Waals surface area contributed by atoms with Gasteiger partial charge in [0.25, 0.3) is 0 Å².